The Hall–Kier alpha value is -3.46. The summed E-state index contributed by atoms with van der Waals surface area (Å²) in [5, 5.41) is 10.3. The minimum atomic E-state index is -0.316. The molecular formula is C20H20N4O4S. The molecular weight excluding hydrogens is 392 g/mol. The first-order valence-electron chi connectivity index (χ1n) is 8.94. The molecule has 0 spiro atoms. The average Bonchev–Trinajstić information content (AvgIpc) is 3.30. The highest BCUT2D eigenvalue weighted by atomic mass is 32.1. The number of hydrogen-bond donors (Lipinski definition) is 3. The number of hydrogen-bond acceptors (Lipinski definition) is 6. The number of thiazole rings is 1. The van der Waals surface area contributed by atoms with Crippen molar-refractivity contribution in [3.05, 3.63) is 64.6 Å². The zero-order chi connectivity index (χ0) is 20.8. The van der Waals surface area contributed by atoms with Gasteiger partial charge in [-0.15, -0.1) is 11.3 Å². The molecule has 9 heteroatoms. The number of nitrogens with one attached hydrogen (secondary N) is 3. The van der Waals surface area contributed by atoms with Gasteiger partial charge < -0.3 is 15.1 Å². The third kappa shape index (κ3) is 5.29. The molecule has 0 aliphatic rings. The molecule has 3 rings (SSSR count). The van der Waals surface area contributed by atoms with E-state index in [2.05, 4.69) is 20.9 Å². The van der Waals surface area contributed by atoms with Crippen molar-refractivity contribution >= 4 is 39.9 Å². The fourth-order valence-electron chi connectivity index (χ4n) is 2.60. The van der Waals surface area contributed by atoms with Gasteiger partial charge in [0.2, 0.25) is 5.91 Å². The lowest BCUT2D eigenvalue weighted by atomic mass is 10.2. The molecule has 0 radical (unpaired) electrons. The van der Waals surface area contributed by atoms with Gasteiger partial charge in [-0.25, -0.2) is 4.98 Å². The third-order valence-electron chi connectivity index (χ3n) is 3.96. The molecule has 29 heavy (non-hydrogen) atoms. The van der Waals surface area contributed by atoms with Crippen molar-refractivity contribution in [1.29, 1.82) is 0 Å². The van der Waals surface area contributed by atoms with E-state index in [1.54, 1.807) is 42.6 Å². The summed E-state index contributed by atoms with van der Waals surface area (Å²) in [6.45, 7) is 4.07. The highest BCUT2D eigenvalue weighted by Crippen LogP contribution is 2.19. The topological polar surface area (TPSA) is 113 Å². The molecule has 1 aromatic carbocycles. The maximum Gasteiger partial charge on any atom is 0.260 e. The maximum atomic E-state index is 12.3. The molecule has 0 saturated heterocycles. The number of carbonyl (C=O) groups excluding carboxylic acids is 3. The molecule has 8 nitrogen and oxygen atoms in total. The Morgan fingerprint density at radius 1 is 1.14 bits per heavy atom. The van der Waals surface area contributed by atoms with E-state index in [1.165, 1.54) is 17.6 Å². The Balaban J connectivity index is 1.58. The van der Waals surface area contributed by atoms with Gasteiger partial charge in [0, 0.05) is 23.2 Å². The predicted molar refractivity (Wildman–Crippen MR) is 110 cm³/mol. The lowest BCUT2D eigenvalue weighted by molar-refractivity contribution is -0.115. The zero-order valence-corrected chi connectivity index (χ0v) is 16.8. The number of amides is 3. The second-order valence-electron chi connectivity index (χ2n) is 6.15. The predicted octanol–water partition coefficient (Wildman–Crippen LogP) is 3.23. The van der Waals surface area contributed by atoms with E-state index in [0.717, 1.165) is 0 Å². The van der Waals surface area contributed by atoms with Crippen molar-refractivity contribution < 1.29 is 18.8 Å². The van der Waals surface area contributed by atoms with E-state index in [9.17, 15) is 14.4 Å². The van der Waals surface area contributed by atoms with Crippen molar-refractivity contribution in [3.8, 4) is 0 Å². The van der Waals surface area contributed by atoms with Gasteiger partial charge in [0.05, 0.1) is 23.9 Å². The van der Waals surface area contributed by atoms with E-state index < -0.39 is 0 Å². The van der Waals surface area contributed by atoms with E-state index in [-0.39, 0.29) is 24.1 Å². The van der Waals surface area contributed by atoms with Crippen molar-refractivity contribution in [2.45, 2.75) is 20.3 Å². The number of nitrogens with zero attached hydrogens (tertiary/aromatic N) is 1. The third-order valence-corrected chi connectivity index (χ3v) is 4.77. The summed E-state index contributed by atoms with van der Waals surface area (Å²) in [6.07, 6.45) is 1.49. The summed E-state index contributed by atoms with van der Waals surface area (Å²) in [4.78, 5) is 40.7. The summed E-state index contributed by atoms with van der Waals surface area (Å²) in [5.41, 5.74) is 1.97. The molecule has 150 valence electrons. The lowest BCUT2D eigenvalue weighted by Crippen LogP contribution is -2.23. The van der Waals surface area contributed by atoms with Gasteiger partial charge in [0.25, 0.3) is 11.8 Å². The van der Waals surface area contributed by atoms with E-state index in [4.69, 9.17) is 4.42 Å². The molecule has 3 N–H and O–H groups in total. The fraction of sp³-hybridized carbons (Fsp3) is 0.200. The molecule has 2 heterocycles. The van der Waals surface area contributed by atoms with Crippen LogP contribution in [0.15, 0.2) is 46.4 Å². The minimum Gasteiger partial charge on any atom is -0.469 e. The van der Waals surface area contributed by atoms with E-state index in [1.807, 2.05) is 6.92 Å². The molecule has 3 aromatic rings. The number of aromatic nitrogens is 1. The minimum absolute atomic E-state index is 0.0441. The van der Waals surface area contributed by atoms with Crippen LogP contribution in [-0.2, 0) is 11.2 Å². The number of carbonyl (C=O) groups is 3. The number of anilines is 2. The molecule has 0 saturated carbocycles. The summed E-state index contributed by atoms with van der Waals surface area (Å²) >= 11 is 1.23. The lowest BCUT2D eigenvalue weighted by Gasteiger charge is -2.07. The molecule has 0 bridgehead atoms. The van der Waals surface area contributed by atoms with Crippen LogP contribution in [0.4, 0.5) is 10.8 Å². The Labute approximate surface area is 171 Å². The van der Waals surface area contributed by atoms with Gasteiger partial charge in [-0.3, -0.25) is 19.7 Å². The first-order valence-corrected chi connectivity index (χ1v) is 9.82. The normalized spacial score (nSPS) is 10.4. The van der Waals surface area contributed by atoms with Gasteiger partial charge in [0.15, 0.2) is 5.13 Å². The number of aryl methyl sites for hydroxylation is 1. The SMILES string of the molecule is CCNC(=O)c1cccc(NC(=O)Cc2csc(NC(=O)c3ccoc3C)n2)c1. The van der Waals surface area contributed by atoms with Crippen LogP contribution >= 0.6 is 11.3 Å². The average molecular weight is 412 g/mol. The summed E-state index contributed by atoms with van der Waals surface area (Å²) in [5.74, 6) is -0.263. The summed E-state index contributed by atoms with van der Waals surface area (Å²) in [6, 6.07) is 8.29. The maximum absolute atomic E-state index is 12.3. The van der Waals surface area contributed by atoms with Crippen LogP contribution in [0, 0.1) is 6.92 Å². The molecule has 0 aliphatic carbocycles. The van der Waals surface area contributed by atoms with Crippen LogP contribution < -0.4 is 16.0 Å². The summed E-state index contributed by atoms with van der Waals surface area (Å²) in [7, 11) is 0. The summed E-state index contributed by atoms with van der Waals surface area (Å²) < 4.78 is 5.12. The Kier molecular flexibility index (Phi) is 6.40. The molecule has 0 fully saturated rings. The highest BCUT2D eigenvalue weighted by molar-refractivity contribution is 7.14. The molecule has 0 aliphatic heterocycles. The fourth-order valence-corrected chi connectivity index (χ4v) is 3.31. The smallest absolute Gasteiger partial charge is 0.260 e. The van der Waals surface area contributed by atoms with Crippen LogP contribution in [0.25, 0.3) is 0 Å². The monoisotopic (exact) mass is 412 g/mol. The quantitative estimate of drug-likeness (QED) is 0.551. The van der Waals surface area contributed by atoms with Crippen molar-refractivity contribution in [3.63, 3.8) is 0 Å². The largest absolute Gasteiger partial charge is 0.469 e. The molecule has 0 atom stereocenters. The van der Waals surface area contributed by atoms with Gasteiger partial charge in [-0.1, -0.05) is 6.07 Å². The second kappa shape index (κ2) is 9.16. The highest BCUT2D eigenvalue weighted by Gasteiger charge is 2.15. The Bertz CT molecular complexity index is 1040. The van der Waals surface area contributed by atoms with Crippen LogP contribution in [0.5, 0.6) is 0 Å². The van der Waals surface area contributed by atoms with Crippen molar-refractivity contribution in [1.82, 2.24) is 10.3 Å². The van der Waals surface area contributed by atoms with Crippen molar-refractivity contribution in [2.75, 3.05) is 17.2 Å². The number of rotatable bonds is 7. The van der Waals surface area contributed by atoms with Crippen LogP contribution in [0.3, 0.4) is 0 Å². The molecule has 0 unspecified atom stereocenters. The van der Waals surface area contributed by atoms with Gasteiger partial charge in [-0.05, 0) is 38.1 Å². The Morgan fingerprint density at radius 2 is 1.97 bits per heavy atom. The Morgan fingerprint density at radius 3 is 2.69 bits per heavy atom. The van der Waals surface area contributed by atoms with Gasteiger partial charge in [0.1, 0.15) is 5.76 Å². The van der Waals surface area contributed by atoms with Gasteiger partial charge >= 0.3 is 0 Å². The van der Waals surface area contributed by atoms with Crippen LogP contribution in [0.1, 0.15) is 39.1 Å². The zero-order valence-electron chi connectivity index (χ0n) is 15.9. The number of furan rings is 1. The van der Waals surface area contributed by atoms with Gasteiger partial charge in [-0.2, -0.15) is 0 Å². The molecule has 2 aromatic heterocycles. The van der Waals surface area contributed by atoms with Crippen molar-refractivity contribution in [2.24, 2.45) is 0 Å². The van der Waals surface area contributed by atoms with E-state index >= 15 is 0 Å². The van der Waals surface area contributed by atoms with Crippen LogP contribution in [-0.4, -0.2) is 29.3 Å². The standard InChI is InChI=1S/C20H20N4O4S/c1-3-21-18(26)13-5-4-6-14(9-13)22-17(25)10-15-11-29-20(23-15)24-19(27)16-7-8-28-12(16)2/h4-9,11H,3,10H2,1-2H3,(H,21,26)(H,22,25)(H,23,24,27). The first-order chi connectivity index (χ1) is 14.0. The second-order valence-corrected chi connectivity index (χ2v) is 7.01. The number of benzene rings is 1. The molecule has 3 amide bonds. The first kappa shape index (κ1) is 20.3. The van der Waals surface area contributed by atoms with Crippen LogP contribution in [0.2, 0.25) is 0 Å². The van der Waals surface area contributed by atoms with E-state index in [0.29, 0.717) is 39.9 Å².